The van der Waals surface area contributed by atoms with Crippen LogP contribution >= 0.6 is 0 Å². The fourth-order valence-corrected chi connectivity index (χ4v) is 4.74. The molecular formula is C25H31N3O2. The first-order valence-corrected chi connectivity index (χ1v) is 11.2. The lowest BCUT2D eigenvalue weighted by Gasteiger charge is -2.36. The van der Waals surface area contributed by atoms with Crippen molar-refractivity contribution in [1.29, 1.82) is 0 Å². The highest BCUT2D eigenvalue weighted by molar-refractivity contribution is 5.89. The van der Waals surface area contributed by atoms with E-state index in [1.54, 1.807) is 0 Å². The highest BCUT2D eigenvalue weighted by Crippen LogP contribution is 2.35. The highest BCUT2D eigenvalue weighted by Gasteiger charge is 2.26. The third-order valence-electron chi connectivity index (χ3n) is 6.44. The Morgan fingerprint density at radius 3 is 2.43 bits per heavy atom. The summed E-state index contributed by atoms with van der Waals surface area (Å²) in [5, 5.41) is 5.04. The summed E-state index contributed by atoms with van der Waals surface area (Å²) in [5.74, 6) is 2.88. The molecule has 2 aliphatic rings. The number of benzene rings is 1. The molecule has 2 saturated heterocycles. The molecule has 0 saturated carbocycles. The summed E-state index contributed by atoms with van der Waals surface area (Å²) in [6.45, 7) is 7.93. The first-order valence-electron chi connectivity index (χ1n) is 11.2. The van der Waals surface area contributed by atoms with Crippen LogP contribution in [-0.4, -0.2) is 43.4 Å². The lowest BCUT2D eigenvalue weighted by Crippen LogP contribution is -2.48. The van der Waals surface area contributed by atoms with E-state index in [9.17, 15) is 0 Å². The Kier molecular flexibility index (Phi) is 5.48. The molecule has 4 heterocycles. The molecule has 158 valence electrons. The number of hydrogen-bond donors (Lipinski definition) is 1. The Bertz CT molecular complexity index is 1010. The molecule has 0 spiro atoms. The van der Waals surface area contributed by atoms with Crippen molar-refractivity contribution in [3.8, 4) is 11.3 Å². The van der Waals surface area contributed by atoms with Crippen LogP contribution < -0.4 is 10.2 Å². The standard InChI is InChI=1S/C25H31N3O2/c1-17-3-5-23-19(15-17)16-22(24-6-4-18(2)30-24)25(27-23)28-11-7-20(8-12-28)26-21-9-13-29-14-10-21/h3-6,15-16,20-21,26H,7-14H2,1-2H3. The van der Waals surface area contributed by atoms with Crippen LogP contribution in [0.3, 0.4) is 0 Å². The number of aryl methyl sites for hydroxylation is 2. The number of hydrogen-bond acceptors (Lipinski definition) is 5. The zero-order valence-corrected chi connectivity index (χ0v) is 18.0. The van der Waals surface area contributed by atoms with Crippen LogP contribution in [0.25, 0.3) is 22.2 Å². The van der Waals surface area contributed by atoms with Gasteiger partial charge in [0.15, 0.2) is 0 Å². The van der Waals surface area contributed by atoms with Gasteiger partial charge in [-0.2, -0.15) is 0 Å². The number of nitrogens with zero attached hydrogens (tertiary/aromatic N) is 2. The smallest absolute Gasteiger partial charge is 0.140 e. The van der Waals surface area contributed by atoms with Crippen LogP contribution in [0.15, 0.2) is 40.8 Å². The predicted molar refractivity (Wildman–Crippen MR) is 121 cm³/mol. The van der Waals surface area contributed by atoms with Crippen molar-refractivity contribution in [2.75, 3.05) is 31.2 Å². The molecule has 2 aromatic heterocycles. The predicted octanol–water partition coefficient (Wildman–Crippen LogP) is 4.85. The molecule has 1 aromatic carbocycles. The van der Waals surface area contributed by atoms with Crippen LogP contribution in [0.2, 0.25) is 0 Å². The van der Waals surface area contributed by atoms with Gasteiger partial charge in [0, 0.05) is 43.8 Å². The molecule has 5 rings (SSSR count). The number of pyridine rings is 1. The Morgan fingerprint density at radius 1 is 0.933 bits per heavy atom. The number of ether oxygens (including phenoxy) is 1. The van der Waals surface area contributed by atoms with Crippen molar-refractivity contribution in [1.82, 2.24) is 10.3 Å². The number of anilines is 1. The molecule has 0 amide bonds. The van der Waals surface area contributed by atoms with E-state index >= 15 is 0 Å². The third-order valence-corrected chi connectivity index (χ3v) is 6.44. The molecule has 1 N–H and O–H groups in total. The molecule has 2 fully saturated rings. The maximum Gasteiger partial charge on any atom is 0.140 e. The average Bonchev–Trinajstić information content (AvgIpc) is 3.20. The second kappa shape index (κ2) is 8.40. The van der Waals surface area contributed by atoms with E-state index in [1.807, 2.05) is 13.0 Å². The first kappa shape index (κ1) is 19.6. The number of aromatic nitrogens is 1. The summed E-state index contributed by atoms with van der Waals surface area (Å²) >= 11 is 0. The Balaban J connectivity index is 1.40. The normalized spacial score (nSPS) is 18.9. The molecule has 0 unspecified atom stereocenters. The topological polar surface area (TPSA) is 50.5 Å². The summed E-state index contributed by atoms with van der Waals surface area (Å²) in [5.41, 5.74) is 3.39. The Labute approximate surface area is 178 Å². The summed E-state index contributed by atoms with van der Waals surface area (Å²) < 4.78 is 11.5. The van der Waals surface area contributed by atoms with Gasteiger partial charge in [0.05, 0.1) is 11.1 Å². The number of furan rings is 1. The SMILES string of the molecule is Cc1ccc2nc(N3CCC(NC4CCOCC4)CC3)c(-c3ccc(C)o3)cc2c1. The van der Waals surface area contributed by atoms with Gasteiger partial charge < -0.3 is 19.4 Å². The largest absolute Gasteiger partial charge is 0.461 e. The van der Waals surface area contributed by atoms with Gasteiger partial charge in [-0.3, -0.25) is 0 Å². The van der Waals surface area contributed by atoms with Crippen LogP contribution in [0, 0.1) is 13.8 Å². The van der Waals surface area contributed by atoms with Crippen molar-refractivity contribution in [3.63, 3.8) is 0 Å². The van der Waals surface area contributed by atoms with Crippen molar-refractivity contribution in [2.45, 2.75) is 51.6 Å². The minimum Gasteiger partial charge on any atom is -0.461 e. The van der Waals surface area contributed by atoms with Crippen LogP contribution in [0.5, 0.6) is 0 Å². The second-order valence-electron chi connectivity index (χ2n) is 8.78. The summed E-state index contributed by atoms with van der Waals surface area (Å²) in [7, 11) is 0. The summed E-state index contributed by atoms with van der Waals surface area (Å²) in [6.07, 6.45) is 4.55. The number of piperidine rings is 1. The molecule has 2 aliphatic heterocycles. The quantitative estimate of drug-likeness (QED) is 0.672. The van der Waals surface area contributed by atoms with E-state index in [1.165, 1.54) is 10.9 Å². The van der Waals surface area contributed by atoms with Gasteiger partial charge in [-0.1, -0.05) is 11.6 Å². The van der Waals surface area contributed by atoms with Crippen molar-refractivity contribution in [2.24, 2.45) is 0 Å². The number of rotatable bonds is 4. The maximum atomic E-state index is 6.01. The molecule has 0 aliphatic carbocycles. The van der Waals surface area contributed by atoms with Crippen LogP contribution in [0.1, 0.15) is 37.0 Å². The van der Waals surface area contributed by atoms with E-state index in [4.69, 9.17) is 14.1 Å². The van der Waals surface area contributed by atoms with Gasteiger partial charge in [-0.15, -0.1) is 0 Å². The lowest BCUT2D eigenvalue weighted by atomic mass is 10.00. The van der Waals surface area contributed by atoms with Crippen molar-refractivity contribution < 1.29 is 9.15 Å². The molecular weight excluding hydrogens is 374 g/mol. The van der Waals surface area contributed by atoms with Crippen molar-refractivity contribution in [3.05, 3.63) is 47.7 Å². The monoisotopic (exact) mass is 405 g/mol. The minimum atomic E-state index is 0.585. The minimum absolute atomic E-state index is 0.585. The molecule has 30 heavy (non-hydrogen) atoms. The van der Waals surface area contributed by atoms with Crippen LogP contribution in [0.4, 0.5) is 5.82 Å². The van der Waals surface area contributed by atoms with Gasteiger partial charge in [-0.25, -0.2) is 4.98 Å². The zero-order chi connectivity index (χ0) is 20.5. The van der Waals surface area contributed by atoms with E-state index in [0.29, 0.717) is 12.1 Å². The van der Waals surface area contributed by atoms with Gasteiger partial charge in [-0.05, 0) is 69.9 Å². The Morgan fingerprint density at radius 2 is 1.70 bits per heavy atom. The van der Waals surface area contributed by atoms with E-state index < -0.39 is 0 Å². The third kappa shape index (κ3) is 4.09. The van der Waals surface area contributed by atoms with E-state index in [2.05, 4.69) is 47.5 Å². The summed E-state index contributed by atoms with van der Waals surface area (Å²) in [4.78, 5) is 7.53. The van der Waals surface area contributed by atoms with E-state index in [0.717, 1.165) is 80.4 Å². The van der Waals surface area contributed by atoms with Gasteiger partial charge >= 0.3 is 0 Å². The number of nitrogens with one attached hydrogen (secondary N) is 1. The first-order chi connectivity index (χ1) is 14.7. The molecule has 0 atom stereocenters. The second-order valence-corrected chi connectivity index (χ2v) is 8.78. The summed E-state index contributed by atoms with van der Waals surface area (Å²) in [6, 6.07) is 14.0. The fraction of sp³-hybridized carbons (Fsp3) is 0.480. The van der Waals surface area contributed by atoms with Crippen molar-refractivity contribution >= 4 is 16.7 Å². The van der Waals surface area contributed by atoms with Gasteiger partial charge in [0.1, 0.15) is 17.3 Å². The zero-order valence-electron chi connectivity index (χ0n) is 18.0. The van der Waals surface area contributed by atoms with Gasteiger partial charge in [0.25, 0.3) is 0 Å². The fourth-order valence-electron chi connectivity index (χ4n) is 4.74. The molecule has 5 nitrogen and oxygen atoms in total. The molecule has 0 bridgehead atoms. The maximum absolute atomic E-state index is 6.01. The van der Waals surface area contributed by atoms with Gasteiger partial charge in [0.2, 0.25) is 0 Å². The average molecular weight is 406 g/mol. The number of fused-ring (bicyclic) bond motifs is 1. The van der Waals surface area contributed by atoms with Crippen LogP contribution in [-0.2, 0) is 4.74 Å². The molecule has 0 radical (unpaired) electrons. The Hall–Kier alpha value is -2.37. The molecule has 5 heteroatoms. The van der Waals surface area contributed by atoms with E-state index in [-0.39, 0.29) is 0 Å². The lowest BCUT2D eigenvalue weighted by molar-refractivity contribution is 0.0738. The highest BCUT2D eigenvalue weighted by atomic mass is 16.5. The molecule has 3 aromatic rings.